The van der Waals surface area contributed by atoms with E-state index in [1.54, 1.807) is 11.2 Å². The third-order valence-electron chi connectivity index (χ3n) is 5.95. The van der Waals surface area contributed by atoms with Crippen molar-refractivity contribution in [3.63, 3.8) is 0 Å². The van der Waals surface area contributed by atoms with Crippen LogP contribution in [0.5, 0.6) is 0 Å². The highest BCUT2D eigenvalue weighted by atomic mass is 19.4. The SMILES string of the molecule is CC1CCCN(c2cc(N3CCN(C(=O)c4cccc(C(F)(F)F)c4)CC3)ncn2)C1. The smallest absolute Gasteiger partial charge is 0.356 e. The van der Waals surface area contributed by atoms with Gasteiger partial charge in [-0.15, -0.1) is 0 Å². The molecule has 1 unspecified atom stereocenters. The average Bonchev–Trinajstić information content (AvgIpc) is 2.78. The summed E-state index contributed by atoms with van der Waals surface area (Å²) in [5, 5.41) is 0. The molecule has 0 N–H and O–H groups in total. The fourth-order valence-electron chi connectivity index (χ4n) is 4.23. The van der Waals surface area contributed by atoms with Crippen LogP contribution in [0.3, 0.4) is 0 Å². The van der Waals surface area contributed by atoms with Crippen molar-refractivity contribution < 1.29 is 18.0 Å². The standard InChI is InChI=1S/C22H26F3N5O/c1-16-4-3-7-30(14-16)20-13-19(26-15-27-20)28-8-10-29(11-9-28)21(31)17-5-2-6-18(12-17)22(23,24)25/h2,5-6,12-13,15-16H,3-4,7-11,14H2,1H3. The van der Waals surface area contributed by atoms with Crippen LogP contribution in [0.25, 0.3) is 0 Å². The van der Waals surface area contributed by atoms with Crippen LogP contribution in [0.2, 0.25) is 0 Å². The lowest BCUT2D eigenvalue weighted by atomic mass is 10.0. The normalized spacial score (nSPS) is 20.1. The number of hydrogen-bond acceptors (Lipinski definition) is 5. The second-order valence-corrected chi connectivity index (χ2v) is 8.29. The Hall–Kier alpha value is -2.84. The van der Waals surface area contributed by atoms with Gasteiger partial charge in [0, 0.05) is 50.9 Å². The summed E-state index contributed by atoms with van der Waals surface area (Å²) in [5.74, 6) is 1.99. The van der Waals surface area contributed by atoms with E-state index in [-0.39, 0.29) is 11.5 Å². The number of carbonyl (C=O) groups excluding carboxylic acids is 1. The van der Waals surface area contributed by atoms with Gasteiger partial charge in [-0.2, -0.15) is 13.2 Å². The first-order valence-corrected chi connectivity index (χ1v) is 10.6. The number of nitrogens with zero attached hydrogens (tertiary/aromatic N) is 5. The van der Waals surface area contributed by atoms with Crippen molar-refractivity contribution in [1.29, 1.82) is 0 Å². The summed E-state index contributed by atoms with van der Waals surface area (Å²) >= 11 is 0. The summed E-state index contributed by atoms with van der Waals surface area (Å²) < 4.78 is 38.9. The van der Waals surface area contributed by atoms with E-state index in [0.717, 1.165) is 43.3 Å². The van der Waals surface area contributed by atoms with Gasteiger partial charge in [-0.3, -0.25) is 4.79 Å². The van der Waals surface area contributed by atoms with Crippen molar-refractivity contribution in [2.45, 2.75) is 25.9 Å². The molecule has 1 aromatic carbocycles. The van der Waals surface area contributed by atoms with E-state index in [1.807, 2.05) is 6.07 Å². The Labute approximate surface area is 179 Å². The number of hydrogen-bond donors (Lipinski definition) is 0. The Kier molecular flexibility index (Phi) is 6.02. The first-order chi connectivity index (χ1) is 14.8. The summed E-state index contributed by atoms with van der Waals surface area (Å²) in [6, 6.07) is 6.59. The molecule has 1 atom stereocenters. The van der Waals surface area contributed by atoms with Gasteiger partial charge < -0.3 is 14.7 Å². The van der Waals surface area contributed by atoms with Gasteiger partial charge in [-0.25, -0.2) is 9.97 Å². The monoisotopic (exact) mass is 433 g/mol. The van der Waals surface area contributed by atoms with Gasteiger partial charge in [0.05, 0.1) is 5.56 Å². The summed E-state index contributed by atoms with van der Waals surface area (Å²) in [6.07, 6.45) is -0.511. The molecule has 166 valence electrons. The van der Waals surface area contributed by atoms with Gasteiger partial charge in [-0.1, -0.05) is 13.0 Å². The number of amides is 1. The molecule has 4 rings (SSSR count). The minimum atomic E-state index is -4.47. The number of rotatable bonds is 3. The predicted octanol–water partition coefficient (Wildman–Crippen LogP) is 3.69. The van der Waals surface area contributed by atoms with Crippen LogP contribution in [0.1, 0.15) is 35.7 Å². The largest absolute Gasteiger partial charge is 0.416 e. The third kappa shape index (κ3) is 4.91. The molecule has 3 heterocycles. The molecule has 2 aliphatic rings. The minimum absolute atomic E-state index is 0.0619. The number of benzene rings is 1. The van der Waals surface area contributed by atoms with Crippen molar-refractivity contribution in [3.8, 4) is 0 Å². The van der Waals surface area contributed by atoms with E-state index in [0.29, 0.717) is 32.1 Å². The van der Waals surface area contributed by atoms with Crippen molar-refractivity contribution in [3.05, 3.63) is 47.8 Å². The zero-order valence-corrected chi connectivity index (χ0v) is 17.5. The molecule has 2 aliphatic heterocycles. The molecule has 1 amide bonds. The van der Waals surface area contributed by atoms with Crippen LogP contribution in [0.15, 0.2) is 36.7 Å². The highest BCUT2D eigenvalue weighted by Gasteiger charge is 2.32. The Morgan fingerprint density at radius 3 is 2.39 bits per heavy atom. The number of carbonyl (C=O) groups is 1. The van der Waals surface area contributed by atoms with Crippen molar-refractivity contribution >= 4 is 17.5 Å². The molecule has 31 heavy (non-hydrogen) atoms. The average molecular weight is 433 g/mol. The second-order valence-electron chi connectivity index (χ2n) is 8.29. The van der Waals surface area contributed by atoms with Gasteiger partial charge in [-0.05, 0) is 37.0 Å². The van der Waals surface area contributed by atoms with E-state index in [2.05, 4.69) is 26.7 Å². The van der Waals surface area contributed by atoms with Gasteiger partial charge in [0.15, 0.2) is 0 Å². The quantitative estimate of drug-likeness (QED) is 0.739. The van der Waals surface area contributed by atoms with E-state index in [9.17, 15) is 18.0 Å². The maximum Gasteiger partial charge on any atom is 0.416 e. The molecule has 0 spiro atoms. The zero-order chi connectivity index (χ0) is 22.0. The molecule has 0 radical (unpaired) electrons. The molecule has 2 fully saturated rings. The molecule has 0 bridgehead atoms. The molecule has 6 nitrogen and oxygen atoms in total. The van der Waals surface area contributed by atoms with Crippen LogP contribution >= 0.6 is 0 Å². The fraction of sp³-hybridized carbons (Fsp3) is 0.500. The molecule has 1 aromatic heterocycles. The van der Waals surface area contributed by atoms with Crippen molar-refractivity contribution in [2.75, 3.05) is 49.1 Å². The molecule has 2 saturated heterocycles. The van der Waals surface area contributed by atoms with Gasteiger partial charge in [0.2, 0.25) is 0 Å². The van der Waals surface area contributed by atoms with Crippen LogP contribution in [-0.2, 0) is 6.18 Å². The lowest BCUT2D eigenvalue weighted by Gasteiger charge is -2.36. The van der Waals surface area contributed by atoms with Gasteiger partial charge >= 0.3 is 6.18 Å². The number of piperazine rings is 1. The number of anilines is 2. The number of alkyl halides is 3. The predicted molar refractivity (Wildman–Crippen MR) is 112 cm³/mol. The maximum absolute atomic E-state index is 13.0. The molecule has 0 aliphatic carbocycles. The Bertz CT molecular complexity index is 927. The van der Waals surface area contributed by atoms with Crippen molar-refractivity contribution in [2.24, 2.45) is 5.92 Å². The molecular formula is C22H26F3N5O. The van der Waals surface area contributed by atoms with Crippen LogP contribution in [0.4, 0.5) is 24.8 Å². The van der Waals surface area contributed by atoms with Crippen molar-refractivity contribution in [1.82, 2.24) is 14.9 Å². The van der Waals surface area contributed by atoms with Gasteiger partial charge in [0.1, 0.15) is 18.0 Å². The molecule has 2 aromatic rings. The first-order valence-electron chi connectivity index (χ1n) is 10.6. The van der Waals surface area contributed by atoms with E-state index in [1.165, 1.54) is 18.6 Å². The van der Waals surface area contributed by atoms with Crippen LogP contribution in [0, 0.1) is 5.92 Å². The second kappa shape index (κ2) is 8.72. The lowest BCUT2D eigenvalue weighted by Crippen LogP contribution is -2.49. The lowest BCUT2D eigenvalue weighted by molar-refractivity contribution is -0.137. The first kappa shape index (κ1) is 21.4. The molecular weight excluding hydrogens is 407 g/mol. The summed E-state index contributed by atoms with van der Waals surface area (Å²) in [4.78, 5) is 27.5. The van der Waals surface area contributed by atoms with Gasteiger partial charge in [0.25, 0.3) is 5.91 Å². The Balaban J connectivity index is 1.40. The van der Waals surface area contributed by atoms with Crippen LogP contribution < -0.4 is 9.80 Å². The van der Waals surface area contributed by atoms with E-state index in [4.69, 9.17) is 0 Å². The fourth-order valence-corrected chi connectivity index (χ4v) is 4.23. The van der Waals surface area contributed by atoms with E-state index < -0.39 is 11.7 Å². The maximum atomic E-state index is 13.0. The summed E-state index contributed by atoms with van der Waals surface area (Å²) in [7, 11) is 0. The summed E-state index contributed by atoms with van der Waals surface area (Å²) in [5.41, 5.74) is -0.746. The number of aromatic nitrogens is 2. The minimum Gasteiger partial charge on any atom is -0.356 e. The third-order valence-corrected chi connectivity index (χ3v) is 5.95. The summed E-state index contributed by atoms with van der Waals surface area (Å²) in [6.45, 7) is 6.20. The Morgan fingerprint density at radius 1 is 1.00 bits per heavy atom. The zero-order valence-electron chi connectivity index (χ0n) is 17.5. The topological polar surface area (TPSA) is 52.6 Å². The highest BCUT2D eigenvalue weighted by Crippen LogP contribution is 2.30. The number of halogens is 3. The Morgan fingerprint density at radius 2 is 1.71 bits per heavy atom. The molecule has 9 heteroatoms. The van der Waals surface area contributed by atoms with Crippen LogP contribution in [-0.4, -0.2) is 60.0 Å². The molecule has 0 saturated carbocycles. The number of piperidine rings is 1. The highest BCUT2D eigenvalue weighted by molar-refractivity contribution is 5.94. The van der Waals surface area contributed by atoms with E-state index >= 15 is 0 Å².